The van der Waals surface area contributed by atoms with E-state index in [0.29, 0.717) is 6.54 Å². The summed E-state index contributed by atoms with van der Waals surface area (Å²) in [5.41, 5.74) is 2.50. The molecule has 2 aromatic rings. The van der Waals surface area contributed by atoms with Crippen LogP contribution in [0, 0.1) is 0 Å². The number of aryl methyl sites for hydroxylation is 1. The van der Waals surface area contributed by atoms with E-state index in [-0.39, 0.29) is 5.91 Å². The Hall–Kier alpha value is -0.780. The van der Waals surface area contributed by atoms with E-state index < -0.39 is 0 Å². The number of thiophene rings is 1. The minimum Gasteiger partial charge on any atom is -0.337 e. The summed E-state index contributed by atoms with van der Waals surface area (Å²) in [7, 11) is 1.87. The van der Waals surface area contributed by atoms with E-state index >= 15 is 0 Å². The summed E-state index contributed by atoms with van der Waals surface area (Å²) >= 11 is 7.05. The quantitative estimate of drug-likeness (QED) is 0.775. The lowest BCUT2D eigenvalue weighted by Gasteiger charge is -2.16. The zero-order valence-electron chi connectivity index (χ0n) is 11.8. The Morgan fingerprint density at radius 3 is 2.81 bits per heavy atom. The number of rotatable bonds is 3. The minimum atomic E-state index is 0.127. The molecular weight excluding hydrogens is 366 g/mol. The first kappa shape index (κ1) is 15.1. The Kier molecular flexibility index (Phi) is 4.72. The van der Waals surface area contributed by atoms with Crippen molar-refractivity contribution in [2.45, 2.75) is 18.7 Å². The Balaban J connectivity index is 1.72. The molecule has 21 heavy (non-hydrogen) atoms. The Morgan fingerprint density at radius 2 is 2.10 bits per heavy atom. The van der Waals surface area contributed by atoms with Crippen LogP contribution in [0.25, 0.3) is 0 Å². The SMILES string of the molecule is CN(Cc1ccc(Br)cc1)C(=O)c1cc2c(s1)CCSC2. The van der Waals surface area contributed by atoms with Crippen molar-refractivity contribution >= 4 is 44.9 Å². The van der Waals surface area contributed by atoms with Crippen LogP contribution in [0.3, 0.4) is 0 Å². The smallest absolute Gasteiger partial charge is 0.263 e. The minimum absolute atomic E-state index is 0.127. The number of thioether (sulfide) groups is 1. The van der Waals surface area contributed by atoms with Gasteiger partial charge in [0.15, 0.2) is 0 Å². The standard InChI is InChI=1S/C16H16BrNOS2/c1-18(9-11-2-4-13(17)5-3-11)16(19)15-8-12-10-20-7-6-14(12)21-15/h2-5,8H,6-7,9-10H2,1H3. The summed E-state index contributed by atoms with van der Waals surface area (Å²) in [4.78, 5) is 16.6. The molecule has 3 rings (SSSR count). The van der Waals surface area contributed by atoms with Gasteiger partial charge in [-0.1, -0.05) is 28.1 Å². The maximum Gasteiger partial charge on any atom is 0.263 e. The third kappa shape index (κ3) is 3.52. The zero-order valence-corrected chi connectivity index (χ0v) is 15.0. The van der Waals surface area contributed by atoms with E-state index in [1.807, 2.05) is 43.1 Å². The van der Waals surface area contributed by atoms with E-state index in [0.717, 1.165) is 27.1 Å². The molecule has 0 atom stereocenters. The number of hydrogen-bond donors (Lipinski definition) is 0. The van der Waals surface area contributed by atoms with Gasteiger partial charge in [-0.25, -0.2) is 0 Å². The molecule has 2 nitrogen and oxygen atoms in total. The third-order valence-corrected chi connectivity index (χ3v) is 6.28. The molecule has 0 unspecified atom stereocenters. The van der Waals surface area contributed by atoms with E-state index in [9.17, 15) is 4.79 Å². The average Bonchev–Trinajstić information content (AvgIpc) is 2.92. The summed E-state index contributed by atoms with van der Waals surface area (Å²) in [5, 5.41) is 0. The van der Waals surface area contributed by atoms with Gasteiger partial charge in [0.2, 0.25) is 0 Å². The lowest BCUT2D eigenvalue weighted by Crippen LogP contribution is -2.25. The molecular formula is C16H16BrNOS2. The van der Waals surface area contributed by atoms with Gasteiger partial charge in [-0.05, 0) is 41.5 Å². The van der Waals surface area contributed by atoms with E-state index in [2.05, 4.69) is 22.0 Å². The highest BCUT2D eigenvalue weighted by atomic mass is 79.9. The predicted molar refractivity (Wildman–Crippen MR) is 94.1 cm³/mol. The van der Waals surface area contributed by atoms with Crippen LogP contribution in [0.15, 0.2) is 34.8 Å². The van der Waals surface area contributed by atoms with Crippen molar-refractivity contribution in [3.8, 4) is 0 Å². The van der Waals surface area contributed by atoms with Gasteiger partial charge in [0.1, 0.15) is 0 Å². The van der Waals surface area contributed by atoms with Crippen LogP contribution in [0.5, 0.6) is 0 Å². The van der Waals surface area contributed by atoms with Crippen LogP contribution < -0.4 is 0 Å². The molecule has 0 saturated heterocycles. The molecule has 110 valence electrons. The third-order valence-electron chi connectivity index (χ3n) is 3.52. The number of hydrogen-bond acceptors (Lipinski definition) is 3. The van der Waals surface area contributed by atoms with Gasteiger partial charge in [-0.3, -0.25) is 4.79 Å². The lowest BCUT2D eigenvalue weighted by molar-refractivity contribution is 0.0790. The molecule has 0 spiro atoms. The summed E-state index contributed by atoms with van der Waals surface area (Å²) in [6.45, 7) is 0.642. The Bertz CT molecular complexity index is 627. The number of nitrogens with zero attached hydrogens (tertiary/aromatic N) is 1. The van der Waals surface area contributed by atoms with Crippen LogP contribution >= 0.6 is 39.0 Å². The van der Waals surface area contributed by atoms with Gasteiger partial charge in [-0.2, -0.15) is 11.8 Å². The second-order valence-electron chi connectivity index (χ2n) is 5.15. The fourth-order valence-corrected chi connectivity index (χ4v) is 5.01. The first-order chi connectivity index (χ1) is 10.1. The number of halogens is 1. The molecule has 0 bridgehead atoms. The monoisotopic (exact) mass is 381 g/mol. The molecule has 0 fully saturated rings. The number of benzene rings is 1. The highest BCUT2D eigenvalue weighted by Gasteiger charge is 2.19. The molecule has 5 heteroatoms. The molecule has 0 N–H and O–H groups in total. The summed E-state index contributed by atoms with van der Waals surface area (Å²) in [6, 6.07) is 10.2. The maximum atomic E-state index is 12.6. The van der Waals surface area contributed by atoms with Gasteiger partial charge >= 0.3 is 0 Å². The van der Waals surface area contributed by atoms with E-state index in [1.165, 1.54) is 16.2 Å². The van der Waals surface area contributed by atoms with Gasteiger partial charge in [-0.15, -0.1) is 11.3 Å². The largest absolute Gasteiger partial charge is 0.337 e. The fourth-order valence-electron chi connectivity index (χ4n) is 2.38. The van der Waals surface area contributed by atoms with Gasteiger partial charge < -0.3 is 4.90 Å². The van der Waals surface area contributed by atoms with Gasteiger partial charge in [0, 0.05) is 28.7 Å². The first-order valence-electron chi connectivity index (χ1n) is 6.83. The average molecular weight is 382 g/mol. The second-order valence-corrected chi connectivity index (χ2v) is 8.31. The molecule has 1 aromatic carbocycles. The molecule has 0 saturated carbocycles. The van der Waals surface area contributed by atoms with Crippen molar-refractivity contribution in [2.75, 3.05) is 12.8 Å². The van der Waals surface area contributed by atoms with Crippen molar-refractivity contribution < 1.29 is 4.79 Å². The molecule has 1 amide bonds. The Labute approximate surface area is 141 Å². The van der Waals surface area contributed by atoms with Crippen molar-refractivity contribution in [3.05, 3.63) is 55.7 Å². The maximum absolute atomic E-state index is 12.6. The molecule has 1 aliphatic rings. The predicted octanol–water partition coefficient (Wildman–Crippen LogP) is 4.57. The summed E-state index contributed by atoms with van der Waals surface area (Å²) in [6.07, 6.45) is 1.11. The molecule has 1 aromatic heterocycles. The first-order valence-corrected chi connectivity index (χ1v) is 9.59. The molecule has 2 heterocycles. The number of carbonyl (C=O) groups excluding carboxylic acids is 1. The van der Waals surface area contributed by atoms with Crippen molar-refractivity contribution in [1.29, 1.82) is 0 Å². The lowest BCUT2D eigenvalue weighted by atomic mass is 10.2. The van der Waals surface area contributed by atoms with Crippen LogP contribution in [-0.4, -0.2) is 23.6 Å². The van der Waals surface area contributed by atoms with Gasteiger partial charge in [0.25, 0.3) is 5.91 Å². The van der Waals surface area contributed by atoms with Crippen LogP contribution in [0.1, 0.15) is 25.7 Å². The highest BCUT2D eigenvalue weighted by Crippen LogP contribution is 2.32. The topological polar surface area (TPSA) is 20.3 Å². The van der Waals surface area contributed by atoms with Crippen LogP contribution in [0.4, 0.5) is 0 Å². The van der Waals surface area contributed by atoms with Gasteiger partial charge in [0.05, 0.1) is 4.88 Å². The van der Waals surface area contributed by atoms with Crippen LogP contribution in [-0.2, 0) is 18.7 Å². The van der Waals surface area contributed by atoms with Crippen molar-refractivity contribution in [2.24, 2.45) is 0 Å². The van der Waals surface area contributed by atoms with E-state index in [1.54, 1.807) is 16.2 Å². The molecule has 0 radical (unpaired) electrons. The summed E-state index contributed by atoms with van der Waals surface area (Å²) < 4.78 is 1.06. The number of amides is 1. The molecule has 1 aliphatic heterocycles. The van der Waals surface area contributed by atoms with Crippen molar-refractivity contribution in [3.63, 3.8) is 0 Å². The highest BCUT2D eigenvalue weighted by molar-refractivity contribution is 9.10. The van der Waals surface area contributed by atoms with Crippen LogP contribution in [0.2, 0.25) is 0 Å². The molecule has 0 aliphatic carbocycles. The fraction of sp³-hybridized carbons (Fsp3) is 0.312. The van der Waals surface area contributed by atoms with Crippen molar-refractivity contribution in [1.82, 2.24) is 4.90 Å². The normalized spacial score (nSPS) is 13.8. The number of fused-ring (bicyclic) bond motifs is 1. The van der Waals surface area contributed by atoms with E-state index in [4.69, 9.17) is 0 Å². The second kappa shape index (κ2) is 6.55. The summed E-state index contributed by atoms with van der Waals surface area (Å²) in [5.74, 6) is 2.35. The number of carbonyl (C=O) groups is 1. The zero-order chi connectivity index (χ0) is 14.8. The Morgan fingerprint density at radius 1 is 1.33 bits per heavy atom.